The number of hydrogen-bond donors (Lipinski definition) is 0. The van der Waals surface area contributed by atoms with E-state index in [0.717, 1.165) is 5.75 Å². The molecule has 3 atom stereocenters. The number of Topliss-reactive ketones (excluding diaryl/α,β-unsaturated/α-hetero) is 2. The molecule has 0 aromatic rings. The topological polar surface area (TPSA) is 60.4 Å². The molecule has 5 heteroatoms. The fourth-order valence-electron chi connectivity index (χ4n) is 2.50. The molecule has 1 fully saturated rings. The van der Waals surface area contributed by atoms with Crippen molar-refractivity contribution in [2.24, 2.45) is 11.8 Å². The van der Waals surface area contributed by atoms with Crippen molar-refractivity contribution in [1.29, 1.82) is 0 Å². The smallest absolute Gasteiger partial charge is 0.316 e. The quantitative estimate of drug-likeness (QED) is 0.564. The average molecular weight is 272 g/mol. The van der Waals surface area contributed by atoms with Gasteiger partial charge in [-0.25, -0.2) is 0 Å². The molecular weight excluding hydrogens is 252 g/mol. The Morgan fingerprint density at radius 3 is 2.72 bits per heavy atom. The molecule has 0 bridgehead atoms. The van der Waals surface area contributed by atoms with E-state index in [-0.39, 0.29) is 23.9 Å². The summed E-state index contributed by atoms with van der Waals surface area (Å²) in [7, 11) is 1.29. The molecule has 0 spiro atoms. The van der Waals surface area contributed by atoms with Crippen LogP contribution >= 0.6 is 11.8 Å². The lowest BCUT2D eigenvalue weighted by atomic mass is 9.75. The van der Waals surface area contributed by atoms with Crippen LogP contribution in [0.4, 0.5) is 0 Å². The van der Waals surface area contributed by atoms with Crippen LogP contribution in [0.15, 0.2) is 0 Å². The van der Waals surface area contributed by atoms with Gasteiger partial charge in [0.25, 0.3) is 0 Å². The van der Waals surface area contributed by atoms with E-state index in [4.69, 9.17) is 0 Å². The van der Waals surface area contributed by atoms with Gasteiger partial charge in [-0.2, -0.15) is 11.8 Å². The number of methoxy groups -OCH3 is 1. The Hall–Kier alpha value is -0.840. The first-order valence-corrected chi connectivity index (χ1v) is 7.28. The number of thioether (sulfide) groups is 1. The molecule has 18 heavy (non-hydrogen) atoms. The van der Waals surface area contributed by atoms with Crippen molar-refractivity contribution >= 4 is 29.3 Å². The first-order valence-electron chi connectivity index (χ1n) is 6.23. The Balaban J connectivity index is 2.77. The molecule has 102 valence electrons. The van der Waals surface area contributed by atoms with Crippen molar-refractivity contribution in [2.75, 3.05) is 12.9 Å². The van der Waals surface area contributed by atoms with Crippen molar-refractivity contribution in [2.45, 2.75) is 38.4 Å². The molecule has 0 aromatic heterocycles. The van der Waals surface area contributed by atoms with Crippen molar-refractivity contribution in [3.05, 3.63) is 0 Å². The summed E-state index contributed by atoms with van der Waals surface area (Å²) in [6, 6.07) is 0. The lowest BCUT2D eigenvalue weighted by Crippen LogP contribution is -2.40. The van der Waals surface area contributed by atoms with Gasteiger partial charge < -0.3 is 4.74 Å². The predicted molar refractivity (Wildman–Crippen MR) is 70.5 cm³/mol. The van der Waals surface area contributed by atoms with Gasteiger partial charge in [0.2, 0.25) is 0 Å². The van der Waals surface area contributed by atoms with Crippen molar-refractivity contribution < 1.29 is 19.1 Å². The molecular formula is C13H20O4S. The second kappa shape index (κ2) is 6.92. The third kappa shape index (κ3) is 3.83. The first kappa shape index (κ1) is 15.2. The fraction of sp³-hybridized carbons (Fsp3) is 0.769. The lowest BCUT2D eigenvalue weighted by molar-refractivity contribution is -0.154. The minimum absolute atomic E-state index is 0.0566. The molecule has 0 unspecified atom stereocenters. The molecule has 0 amide bonds. The van der Waals surface area contributed by atoms with E-state index in [1.54, 1.807) is 11.8 Å². The van der Waals surface area contributed by atoms with Crippen LogP contribution in [-0.4, -0.2) is 35.6 Å². The Bertz CT molecular complexity index is 340. The van der Waals surface area contributed by atoms with E-state index in [9.17, 15) is 14.4 Å². The molecule has 0 aromatic carbocycles. The van der Waals surface area contributed by atoms with Gasteiger partial charge in [0.15, 0.2) is 5.78 Å². The number of hydrogen-bond acceptors (Lipinski definition) is 5. The third-order valence-electron chi connectivity index (χ3n) is 3.22. The summed E-state index contributed by atoms with van der Waals surface area (Å²) in [5.74, 6) is -0.784. The van der Waals surface area contributed by atoms with Gasteiger partial charge in [-0.15, -0.1) is 0 Å². The Kier molecular flexibility index (Phi) is 5.85. The molecule has 0 radical (unpaired) electrons. The number of ketones is 2. The monoisotopic (exact) mass is 272 g/mol. The number of rotatable bonds is 5. The van der Waals surface area contributed by atoms with E-state index < -0.39 is 11.9 Å². The van der Waals surface area contributed by atoms with Crippen molar-refractivity contribution in [3.63, 3.8) is 0 Å². The highest BCUT2D eigenvalue weighted by Gasteiger charge is 2.41. The largest absolute Gasteiger partial charge is 0.468 e. The molecule has 0 aliphatic heterocycles. The normalized spacial score (nSPS) is 25.9. The third-order valence-corrected chi connectivity index (χ3v) is 4.32. The molecule has 4 nitrogen and oxygen atoms in total. The molecule has 1 saturated carbocycles. The van der Waals surface area contributed by atoms with Crippen LogP contribution < -0.4 is 0 Å². The van der Waals surface area contributed by atoms with Crippen molar-refractivity contribution in [1.82, 2.24) is 0 Å². The average Bonchev–Trinajstić information content (AvgIpc) is 2.27. The highest BCUT2D eigenvalue weighted by molar-refractivity contribution is 7.99. The minimum Gasteiger partial charge on any atom is -0.468 e. The maximum absolute atomic E-state index is 11.8. The van der Waals surface area contributed by atoms with E-state index >= 15 is 0 Å². The number of carbonyl (C=O) groups is 3. The van der Waals surface area contributed by atoms with Gasteiger partial charge in [-0.3, -0.25) is 14.4 Å². The highest BCUT2D eigenvalue weighted by atomic mass is 32.2. The van der Waals surface area contributed by atoms with E-state index in [1.165, 1.54) is 7.11 Å². The standard InChI is InChI=1S/C13H20O4S/c1-4-18-8(2)5-9-6-10(14)7-11(15)12(9)13(16)17-3/h8-9,12H,4-7H2,1-3H3/t8-,9-,12-/m1/s1. The fourth-order valence-corrected chi connectivity index (χ4v) is 3.45. The molecule has 1 aliphatic carbocycles. The van der Waals surface area contributed by atoms with Crippen LogP contribution in [0.5, 0.6) is 0 Å². The van der Waals surface area contributed by atoms with Gasteiger partial charge in [-0.1, -0.05) is 13.8 Å². The van der Waals surface area contributed by atoms with Gasteiger partial charge in [-0.05, 0) is 18.1 Å². The van der Waals surface area contributed by atoms with Gasteiger partial charge in [0, 0.05) is 11.7 Å². The summed E-state index contributed by atoms with van der Waals surface area (Å²) >= 11 is 1.77. The van der Waals surface area contributed by atoms with E-state index in [0.29, 0.717) is 18.1 Å². The van der Waals surface area contributed by atoms with Crippen LogP contribution in [-0.2, 0) is 19.1 Å². The zero-order valence-electron chi connectivity index (χ0n) is 11.1. The zero-order chi connectivity index (χ0) is 13.7. The molecule has 1 aliphatic rings. The van der Waals surface area contributed by atoms with Crippen molar-refractivity contribution in [3.8, 4) is 0 Å². The molecule has 0 heterocycles. The Morgan fingerprint density at radius 1 is 1.50 bits per heavy atom. The van der Waals surface area contributed by atoms with Crippen LogP contribution in [0.3, 0.4) is 0 Å². The lowest BCUT2D eigenvalue weighted by Gasteiger charge is -2.29. The number of carbonyl (C=O) groups excluding carboxylic acids is 3. The second-order valence-corrected chi connectivity index (χ2v) is 6.36. The zero-order valence-corrected chi connectivity index (χ0v) is 11.9. The van der Waals surface area contributed by atoms with Gasteiger partial charge in [0.1, 0.15) is 11.7 Å². The number of esters is 1. The first-order chi connectivity index (χ1) is 8.49. The summed E-state index contributed by atoms with van der Waals surface area (Å²) in [5, 5.41) is 0.339. The second-order valence-electron chi connectivity index (χ2n) is 4.65. The summed E-state index contributed by atoms with van der Waals surface area (Å²) < 4.78 is 4.69. The van der Waals surface area contributed by atoms with Gasteiger partial charge >= 0.3 is 5.97 Å². The highest BCUT2D eigenvalue weighted by Crippen LogP contribution is 2.32. The summed E-state index contributed by atoms with van der Waals surface area (Å²) in [5.41, 5.74) is 0. The predicted octanol–water partition coefficient (Wildman–Crippen LogP) is 1.86. The Labute approximate surface area is 112 Å². The van der Waals surface area contributed by atoms with Crippen LogP contribution in [0, 0.1) is 11.8 Å². The summed E-state index contributed by atoms with van der Waals surface area (Å²) in [4.78, 5) is 35.0. The number of ether oxygens (including phenoxy) is 1. The van der Waals surface area contributed by atoms with Crippen LogP contribution in [0.2, 0.25) is 0 Å². The van der Waals surface area contributed by atoms with E-state index in [1.807, 2.05) is 0 Å². The maximum atomic E-state index is 11.8. The Morgan fingerprint density at radius 2 is 2.17 bits per heavy atom. The van der Waals surface area contributed by atoms with Crippen LogP contribution in [0.1, 0.15) is 33.1 Å². The maximum Gasteiger partial charge on any atom is 0.316 e. The SMILES string of the molecule is CCS[C@H](C)C[C@@H]1CC(=O)CC(=O)[C@@H]1C(=O)OC. The minimum atomic E-state index is -0.743. The molecule has 0 N–H and O–H groups in total. The van der Waals surface area contributed by atoms with E-state index in [2.05, 4.69) is 18.6 Å². The van der Waals surface area contributed by atoms with Gasteiger partial charge in [0.05, 0.1) is 13.5 Å². The van der Waals surface area contributed by atoms with Crippen LogP contribution in [0.25, 0.3) is 0 Å². The molecule has 0 saturated heterocycles. The summed E-state index contributed by atoms with van der Waals surface area (Å²) in [6.45, 7) is 4.13. The summed E-state index contributed by atoms with van der Waals surface area (Å²) in [6.07, 6.45) is 0.904. The molecule has 1 rings (SSSR count).